The highest BCUT2D eigenvalue weighted by atomic mass is 16.5. The average molecular weight is 443 g/mol. The Morgan fingerprint density at radius 2 is 1.72 bits per heavy atom. The summed E-state index contributed by atoms with van der Waals surface area (Å²) in [5, 5.41) is 5.29. The van der Waals surface area contributed by atoms with Crippen molar-refractivity contribution in [3.63, 3.8) is 0 Å². The summed E-state index contributed by atoms with van der Waals surface area (Å²) in [5.41, 5.74) is 1.47. The van der Waals surface area contributed by atoms with Crippen LogP contribution in [0.4, 0.5) is 0 Å². The van der Waals surface area contributed by atoms with E-state index in [9.17, 15) is 14.4 Å². The second-order valence-corrected chi connectivity index (χ2v) is 7.55. The van der Waals surface area contributed by atoms with Crippen LogP contribution in [0.1, 0.15) is 29.8 Å². The lowest BCUT2D eigenvalue weighted by Gasteiger charge is -2.21. The largest absolute Gasteiger partial charge is 0.497 e. The Morgan fingerprint density at radius 1 is 1.00 bits per heavy atom. The molecule has 1 atom stereocenters. The molecule has 2 aromatic rings. The first-order valence-corrected chi connectivity index (χ1v) is 10.4. The third kappa shape index (κ3) is 7.94. The molecular weight excluding hydrogens is 412 g/mol. The van der Waals surface area contributed by atoms with Crippen LogP contribution in [0.2, 0.25) is 0 Å². The zero-order valence-electron chi connectivity index (χ0n) is 18.8. The van der Waals surface area contributed by atoms with E-state index in [1.165, 1.54) is 7.11 Å². The Kier molecular flexibility index (Phi) is 9.53. The summed E-state index contributed by atoms with van der Waals surface area (Å²) >= 11 is 0. The first-order valence-electron chi connectivity index (χ1n) is 10.4. The minimum absolute atomic E-state index is 0.226. The number of amides is 2. The van der Waals surface area contributed by atoms with Crippen LogP contribution in [0.5, 0.6) is 11.5 Å². The molecule has 0 saturated heterocycles. The molecule has 2 amide bonds. The smallest absolute Gasteiger partial charge is 0.329 e. The maximum Gasteiger partial charge on any atom is 0.329 e. The number of aryl methyl sites for hydroxylation is 1. The zero-order chi connectivity index (χ0) is 23.5. The predicted octanol–water partition coefficient (Wildman–Crippen LogP) is 2.50. The molecule has 0 saturated carbocycles. The molecule has 0 heterocycles. The van der Waals surface area contributed by atoms with Gasteiger partial charge >= 0.3 is 5.97 Å². The summed E-state index contributed by atoms with van der Waals surface area (Å²) in [7, 11) is 1.53. The second-order valence-electron chi connectivity index (χ2n) is 7.55. The van der Waals surface area contributed by atoms with Gasteiger partial charge in [0.2, 0.25) is 0 Å². The standard InChI is InChI=1S/C24H30N2O6/c1-16(2)22(26-23(28)18-8-10-19(30-4)11-9-18)24(29)32-15-21(27)25-12-13-31-20-7-5-6-17(3)14-20/h5-11,14,16,22H,12-13,15H2,1-4H3,(H,25,27)(H,26,28). The van der Waals surface area contributed by atoms with Crippen LogP contribution in [-0.4, -0.2) is 50.7 Å². The maximum atomic E-state index is 12.5. The number of hydrogen-bond acceptors (Lipinski definition) is 6. The van der Waals surface area contributed by atoms with Crippen LogP contribution >= 0.6 is 0 Å². The summed E-state index contributed by atoms with van der Waals surface area (Å²) in [5.74, 6) is -0.422. The molecule has 0 radical (unpaired) electrons. The van der Waals surface area contributed by atoms with Gasteiger partial charge in [-0.1, -0.05) is 26.0 Å². The Balaban J connectivity index is 1.76. The normalized spacial score (nSPS) is 11.4. The van der Waals surface area contributed by atoms with Crippen molar-refractivity contribution in [3.05, 3.63) is 59.7 Å². The lowest BCUT2D eigenvalue weighted by atomic mass is 10.0. The summed E-state index contributed by atoms with van der Waals surface area (Å²) in [6, 6.07) is 13.2. The SMILES string of the molecule is COc1ccc(C(=O)NC(C(=O)OCC(=O)NCCOc2cccc(C)c2)C(C)C)cc1. The fourth-order valence-corrected chi connectivity index (χ4v) is 2.81. The molecule has 8 heteroatoms. The molecule has 32 heavy (non-hydrogen) atoms. The number of methoxy groups -OCH3 is 1. The lowest BCUT2D eigenvalue weighted by Crippen LogP contribution is -2.46. The highest BCUT2D eigenvalue weighted by Crippen LogP contribution is 2.13. The maximum absolute atomic E-state index is 12.5. The number of nitrogens with one attached hydrogen (secondary N) is 2. The molecule has 0 aliphatic heterocycles. The minimum Gasteiger partial charge on any atom is -0.497 e. The molecule has 0 aliphatic carbocycles. The number of ether oxygens (including phenoxy) is 3. The van der Waals surface area contributed by atoms with E-state index in [0.29, 0.717) is 11.3 Å². The lowest BCUT2D eigenvalue weighted by molar-refractivity contribution is -0.151. The van der Waals surface area contributed by atoms with Crippen molar-refractivity contribution in [2.75, 3.05) is 26.9 Å². The zero-order valence-corrected chi connectivity index (χ0v) is 18.8. The monoisotopic (exact) mass is 442 g/mol. The van der Waals surface area contributed by atoms with Gasteiger partial charge in [0.15, 0.2) is 6.61 Å². The average Bonchev–Trinajstić information content (AvgIpc) is 2.78. The third-order valence-electron chi connectivity index (χ3n) is 4.59. The Hall–Kier alpha value is -3.55. The Bertz CT molecular complexity index is 911. The topological polar surface area (TPSA) is 103 Å². The van der Waals surface area contributed by atoms with Gasteiger partial charge in [0.25, 0.3) is 11.8 Å². The van der Waals surface area contributed by atoms with E-state index < -0.39 is 30.4 Å². The molecule has 2 rings (SSSR count). The Morgan fingerprint density at radius 3 is 2.34 bits per heavy atom. The van der Waals surface area contributed by atoms with Gasteiger partial charge in [-0.2, -0.15) is 0 Å². The van der Waals surface area contributed by atoms with Crippen LogP contribution in [0.25, 0.3) is 0 Å². The van der Waals surface area contributed by atoms with Crippen LogP contribution in [0.15, 0.2) is 48.5 Å². The van der Waals surface area contributed by atoms with E-state index >= 15 is 0 Å². The van der Waals surface area contributed by atoms with Gasteiger partial charge in [-0.15, -0.1) is 0 Å². The van der Waals surface area contributed by atoms with Crippen molar-refractivity contribution in [1.82, 2.24) is 10.6 Å². The van der Waals surface area contributed by atoms with Crippen LogP contribution < -0.4 is 20.1 Å². The number of esters is 1. The summed E-state index contributed by atoms with van der Waals surface area (Å²) in [6.07, 6.45) is 0. The van der Waals surface area contributed by atoms with E-state index in [1.54, 1.807) is 38.1 Å². The predicted molar refractivity (Wildman–Crippen MR) is 120 cm³/mol. The number of hydrogen-bond donors (Lipinski definition) is 2. The molecule has 172 valence electrons. The minimum atomic E-state index is -0.887. The van der Waals surface area contributed by atoms with Crippen molar-refractivity contribution >= 4 is 17.8 Å². The molecule has 8 nitrogen and oxygen atoms in total. The van der Waals surface area contributed by atoms with E-state index in [2.05, 4.69) is 10.6 Å². The van der Waals surface area contributed by atoms with Crippen molar-refractivity contribution in [2.24, 2.45) is 5.92 Å². The molecule has 2 aromatic carbocycles. The van der Waals surface area contributed by atoms with Gasteiger partial charge in [-0.25, -0.2) is 4.79 Å². The molecule has 2 N–H and O–H groups in total. The molecular formula is C24H30N2O6. The molecule has 1 unspecified atom stereocenters. The van der Waals surface area contributed by atoms with Crippen molar-refractivity contribution in [2.45, 2.75) is 26.8 Å². The van der Waals surface area contributed by atoms with E-state index in [1.807, 2.05) is 31.2 Å². The van der Waals surface area contributed by atoms with Gasteiger partial charge in [-0.3, -0.25) is 9.59 Å². The van der Waals surface area contributed by atoms with Gasteiger partial charge in [-0.05, 0) is 54.8 Å². The first-order chi connectivity index (χ1) is 15.3. The Labute approximate surface area is 188 Å². The molecule has 0 spiro atoms. The quantitative estimate of drug-likeness (QED) is 0.409. The third-order valence-corrected chi connectivity index (χ3v) is 4.59. The summed E-state index contributed by atoms with van der Waals surface area (Å²) in [4.78, 5) is 36.9. The van der Waals surface area contributed by atoms with Gasteiger partial charge in [0.05, 0.1) is 13.7 Å². The van der Waals surface area contributed by atoms with Crippen LogP contribution in [-0.2, 0) is 14.3 Å². The molecule has 0 fully saturated rings. The van der Waals surface area contributed by atoms with Crippen LogP contribution in [0.3, 0.4) is 0 Å². The van der Waals surface area contributed by atoms with Crippen molar-refractivity contribution < 1.29 is 28.6 Å². The molecule has 0 bridgehead atoms. The van der Waals surface area contributed by atoms with Gasteiger partial charge in [0, 0.05) is 5.56 Å². The summed E-state index contributed by atoms with van der Waals surface area (Å²) in [6.45, 7) is 5.64. The van der Waals surface area contributed by atoms with Crippen molar-refractivity contribution in [3.8, 4) is 11.5 Å². The van der Waals surface area contributed by atoms with E-state index in [4.69, 9.17) is 14.2 Å². The van der Waals surface area contributed by atoms with Crippen molar-refractivity contribution in [1.29, 1.82) is 0 Å². The van der Waals surface area contributed by atoms with Crippen LogP contribution in [0, 0.1) is 12.8 Å². The number of carbonyl (C=O) groups excluding carboxylic acids is 3. The fraction of sp³-hybridized carbons (Fsp3) is 0.375. The highest BCUT2D eigenvalue weighted by molar-refractivity contribution is 5.97. The van der Waals surface area contributed by atoms with E-state index in [-0.39, 0.29) is 19.1 Å². The summed E-state index contributed by atoms with van der Waals surface area (Å²) < 4.78 is 15.7. The van der Waals surface area contributed by atoms with Gasteiger partial charge < -0.3 is 24.8 Å². The molecule has 0 aromatic heterocycles. The molecule has 0 aliphatic rings. The highest BCUT2D eigenvalue weighted by Gasteiger charge is 2.26. The fourth-order valence-electron chi connectivity index (χ4n) is 2.81. The second kappa shape index (κ2) is 12.3. The number of benzene rings is 2. The number of carbonyl (C=O) groups is 3. The van der Waals surface area contributed by atoms with E-state index in [0.717, 1.165) is 11.3 Å². The first kappa shape index (κ1) is 24.7. The van der Waals surface area contributed by atoms with Gasteiger partial charge in [0.1, 0.15) is 24.1 Å². The number of rotatable bonds is 11.